The monoisotopic (exact) mass is 272 g/mol. The van der Waals surface area contributed by atoms with Crippen LogP contribution in [0.3, 0.4) is 0 Å². The van der Waals surface area contributed by atoms with Gasteiger partial charge in [0, 0.05) is 24.4 Å². The van der Waals surface area contributed by atoms with Gasteiger partial charge in [0.05, 0.1) is 5.52 Å². The number of carbonyl (C=O) groups excluding carboxylic acids is 1. The lowest BCUT2D eigenvalue weighted by Gasteiger charge is -2.09. The maximum atomic E-state index is 11.5. The molecule has 0 fully saturated rings. The van der Waals surface area contributed by atoms with Gasteiger partial charge in [0.1, 0.15) is 12.1 Å². The number of rotatable bonds is 6. The van der Waals surface area contributed by atoms with E-state index in [1.807, 2.05) is 38.1 Å². The van der Waals surface area contributed by atoms with E-state index in [9.17, 15) is 4.79 Å². The number of aromatic nitrogens is 2. The molecular weight excluding hydrogens is 252 g/mol. The van der Waals surface area contributed by atoms with Crippen LogP contribution in [-0.4, -0.2) is 28.5 Å². The minimum Gasteiger partial charge on any atom is -0.369 e. The summed E-state index contributed by atoms with van der Waals surface area (Å²) in [7, 11) is 0. The van der Waals surface area contributed by atoms with Gasteiger partial charge in [0.25, 0.3) is 0 Å². The van der Waals surface area contributed by atoms with Gasteiger partial charge in [0.15, 0.2) is 0 Å². The zero-order valence-corrected chi connectivity index (χ0v) is 11.9. The van der Waals surface area contributed by atoms with Crippen molar-refractivity contribution in [1.29, 1.82) is 0 Å². The highest BCUT2D eigenvalue weighted by molar-refractivity contribution is 5.88. The van der Waals surface area contributed by atoms with Crippen LogP contribution in [0.25, 0.3) is 10.9 Å². The van der Waals surface area contributed by atoms with Crippen LogP contribution in [0.2, 0.25) is 0 Å². The topological polar surface area (TPSA) is 66.9 Å². The van der Waals surface area contributed by atoms with Gasteiger partial charge >= 0.3 is 0 Å². The van der Waals surface area contributed by atoms with Crippen molar-refractivity contribution in [2.24, 2.45) is 0 Å². The fourth-order valence-corrected chi connectivity index (χ4v) is 2.00. The predicted octanol–water partition coefficient (Wildman–Crippen LogP) is 2.35. The number of nitrogens with one attached hydrogen (secondary N) is 2. The number of anilines is 1. The highest BCUT2D eigenvalue weighted by atomic mass is 16.1. The smallest absolute Gasteiger partial charge is 0.220 e. The quantitative estimate of drug-likeness (QED) is 0.792. The van der Waals surface area contributed by atoms with Gasteiger partial charge in [-0.25, -0.2) is 9.97 Å². The Labute approximate surface area is 118 Å². The van der Waals surface area contributed by atoms with Crippen molar-refractivity contribution in [2.45, 2.75) is 32.7 Å². The first kappa shape index (κ1) is 14.2. The minimum atomic E-state index is 0.0920. The molecule has 2 N–H and O–H groups in total. The molecular formula is C15H20N4O. The van der Waals surface area contributed by atoms with E-state index in [4.69, 9.17) is 0 Å². The molecule has 0 aliphatic heterocycles. The van der Waals surface area contributed by atoms with Gasteiger partial charge < -0.3 is 10.6 Å². The van der Waals surface area contributed by atoms with Gasteiger partial charge in [-0.3, -0.25) is 4.79 Å². The Kier molecular flexibility index (Phi) is 4.87. The lowest BCUT2D eigenvalue weighted by atomic mass is 10.2. The van der Waals surface area contributed by atoms with E-state index in [0.717, 1.165) is 23.1 Å². The number of hydrogen-bond acceptors (Lipinski definition) is 4. The van der Waals surface area contributed by atoms with E-state index >= 15 is 0 Å². The summed E-state index contributed by atoms with van der Waals surface area (Å²) >= 11 is 0. The van der Waals surface area contributed by atoms with E-state index in [1.54, 1.807) is 6.33 Å². The molecule has 1 heterocycles. The number of carbonyl (C=O) groups is 1. The van der Waals surface area contributed by atoms with Crippen molar-refractivity contribution in [1.82, 2.24) is 15.3 Å². The fourth-order valence-electron chi connectivity index (χ4n) is 2.00. The van der Waals surface area contributed by atoms with Crippen LogP contribution in [-0.2, 0) is 4.79 Å². The zero-order chi connectivity index (χ0) is 14.4. The third-order valence-corrected chi connectivity index (χ3v) is 2.87. The van der Waals surface area contributed by atoms with Crippen molar-refractivity contribution < 1.29 is 4.79 Å². The van der Waals surface area contributed by atoms with Crippen LogP contribution in [0, 0.1) is 0 Å². The lowest BCUT2D eigenvalue weighted by molar-refractivity contribution is -0.121. The molecule has 0 atom stereocenters. The molecule has 2 aromatic rings. The van der Waals surface area contributed by atoms with Crippen LogP contribution in [0.1, 0.15) is 26.7 Å². The second-order valence-corrected chi connectivity index (χ2v) is 4.99. The average molecular weight is 272 g/mol. The van der Waals surface area contributed by atoms with Gasteiger partial charge in [-0.15, -0.1) is 0 Å². The summed E-state index contributed by atoms with van der Waals surface area (Å²) in [6.45, 7) is 4.64. The summed E-state index contributed by atoms with van der Waals surface area (Å²) in [5.41, 5.74) is 0.919. The molecule has 5 heteroatoms. The number of amides is 1. The molecule has 0 bridgehead atoms. The van der Waals surface area contributed by atoms with E-state index < -0.39 is 0 Å². The fraction of sp³-hybridized carbons (Fsp3) is 0.400. The maximum Gasteiger partial charge on any atom is 0.220 e. The Morgan fingerprint density at radius 3 is 2.85 bits per heavy atom. The molecule has 0 aliphatic rings. The van der Waals surface area contributed by atoms with E-state index in [-0.39, 0.29) is 11.9 Å². The molecule has 1 aromatic carbocycles. The molecule has 106 valence electrons. The van der Waals surface area contributed by atoms with Gasteiger partial charge in [0.2, 0.25) is 5.91 Å². The minimum absolute atomic E-state index is 0.0920. The Bertz CT molecular complexity index is 578. The SMILES string of the molecule is CC(C)NC(=O)CCCNc1ncnc2ccccc12. The van der Waals surface area contributed by atoms with Crippen LogP contribution < -0.4 is 10.6 Å². The Morgan fingerprint density at radius 1 is 1.25 bits per heavy atom. The Morgan fingerprint density at radius 2 is 2.05 bits per heavy atom. The van der Waals surface area contributed by atoms with Crippen LogP contribution in [0.4, 0.5) is 5.82 Å². The van der Waals surface area contributed by atoms with Crippen LogP contribution in [0.5, 0.6) is 0 Å². The normalized spacial score (nSPS) is 10.8. The first-order valence-electron chi connectivity index (χ1n) is 6.90. The van der Waals surface area contributed by atoms with E-state index in [0.29, 0.717) is 13.0 Å². The molecule has 0 aliphatic carbocycles. The van der Waals surface area contributed by atoms with Crippen molar-refractivity contribution in [3.8, 4) is 0 Å². The maximum absolute atomic E-state index is 11.5. The lowest BCUT2D eigenvalue weighted by Crippen LogP contribution is -2.30. The number of hydrogen-bond donors (Lipinski definition) is 2. The number of para-hydroxylation sites is 1. The first-order chi connectivity index (χ1) is 9.66. The second kappa shape index (κ2) is 6.84. The molecule has 5 nitrogen and oxygen atoms in total. The zero-order valence-electron chi connectivity index (χ0n) is 11.9. The van der Waals surface area contributed by atoms with Crippen LogP contribution >= 0.6 is 0 Å². The van der Waals surface area contributed by atoms with Crippen LogP contribution in [0.15, 0.2) is 30.6 Å². The first-order valence-corrected chi connectivity index (χ1v) is 6.90. The van der Waals surface area contributed by atoms with Crippen molar-refractivity contribution in [3.05, 3.63) is 30.6 Å². The molecule has 1 aromatic heterocycles. The summed E-state index contributed by atoms with van der Waals surface area (Å²) in [5.74, 6) is 0.911. The summed E-state index contributed by atoms with van der Waals surface area (Å²) in [6.07, 6.45) is 2.85. The highest BCUT2D eigenvalue weighted by Gasteiger charge is 2.04. The molecule has 1 amide bonds. The summed E-state index contributed by atoms with van der Waals surface area (Å²) < 4.78 is 0. The summed E-state index contributed by atoms with van der Waals surface area (Å²) in [5, 5.41) is 7.15. The number of benzene rings is 1. The van der Waals surface area contributed by atoms with E-state index in [2.05, 4.69) is 20.6 Å². The van der Waals surface area contributed by atoms with Gasteiger partial charge in [-0.2, -0.15) is 0 Å². The Hall–Kier alpha value is -2.17. The second-order valence-electron chi connectivity index (χ2n) is 4.99. The molecule has 2 rings (SSSR count). The highest BCUT2D eigenvalue weighted by Crippen LogP contribution is 2.18. The molecule has 20 heavy (non-hydrogen) atoms. The van der Waals surface area contributed by atoms with Crippen molar-refractivity contribution in [2.75, 3.05) is 11.9 Å². The van der Waals surface area contributed by atoms with Crippen molar-refractivity contribution in [3.63, 3.8) is 0 Å². The predicted molar refractivity (Wildman–Crippen MR) is 80.5 cm³/mol. The van der Waals surface area contributed by atoms with Crippen molar-refractivity contribution >= 4 is 22.6 Å². The third kappa shape index (κ3) is 3.91. The molecule has 0 saturated heterocycles. The molecule has 0 saturated carbocycles. The Balaban J connectivity index is 1.86. The average Bonchev–Trinajstić information content (AvgIpc) is 2.43. The summed E-state index contributed by atoms with van der Waals surface area (Å²) in [4.78, 5) is 20.0. The van der Waals surface area contributed by atoms with Gasteiger partial charge in [-0.05, 0) is 32.4 Å². The molecule has 0 spiro atoms. The molecule has 0 unspecified atom stereocenters. The largest absolute Gasteiger partial charge is 0.369 e. The third-order valence-electron chi connectivity index (χ3n) is 2.87. The number of nitrogens with zero attached hydrogens (tertiary/aromatic N) is 2. The number of fused-ring (bicyclic) bond motifs is 1. The van der Waals surface area contributed by atoms with E-state index in [1.165, 1.54) is 0 Å². The summed E-state index contributed by atoms with van der Waals surface area (Å²) in [6, 6.07) is 8.06. The molecule has 0 radical (unpaired) electrons. The standard InChI is InChI=1S/C15H20N4O/c1-11(2)19-14(20)8-5-9-16-15-12-6-3-4-7-13(12)17-10-18-15/h3-4,6-7,10-11H,5,8-9H2,1-2H3,(H,19,20)(H,16,17,18). The van der Waals surface area contributed by atoms with Gasteiger partial charge in [-0.1, -0.05) is 12.1 Å².